The molecule has 2 N–H and O–H groups in total. The van der Waals surface area contributed by atoms with Gasteiger partial charge in [-0.3, -0.25) is 0 Å². The van der Waals surface area contributed by atoms with Crippen LogP contribution in [0.4, 0.5) is 0 Å². The molecule has 0 aliphatic carbocycles. The lowest BCUT2D eigenvalue weighted by molar-refractivity contribution is 0.148. The quantitative estimate of drug-likeness (QED) is 0.515. The van der Waals surface area contributed by atoms with Crippen LogP contribution in [0.25, 0.3) is 0 Å². The Hall–Kier alpha value is -1.37. The van der Waals surface area contributed by atoms with Crippen LogP contribution in [0.15, 0.2) is 46.2 Å². The minimum Gasteiger partial charge on any atom is -0.388 e. The Morgan fingerprint density at radius 1 is 0.688 bits per heavy atom. The van der Waals surface area contributed by atoms with Crippen LogP contribution in [0, 0.1) is 0 Å². The Labute approximate surface area is 196 Å². The van der Waals surface area contributed by atoms with Gasteiger partial charge in [0.1, 0.15) is 0 Å². The highest BCUT2D eigenvalue weighted by Gasteiger charge is 2.21. The van der Waals surface area contributed by atoms with Crippen molar-refractivity contribution in [1.82, 2.24) is 9.80 Å². The van der Waals surface area contributed by atoms with E-state index in [4.69, 9.17) is 0 Å². The Morgan fingerprint density at radius 3 is 1.56 bits per heavy atom. The van der Waals surface area contributed by atoms with E-state index in [-0.39, 0.29) is 0 Å². The van der Waals surface area contributed by atoms with Crippen LogP contribution in [-0.2, 0) is 6.42 Å². The molecule has 0 saturated carbocycles. The molecule has 2 saturated heterocycles. The second kappa shape index (κ2) is 10.3. The maximum atomic E-state index is 10.8. The molecule has 2 aromatic rings. The van der Waals surface area contributed by atoms with Crippen LogP contribution in [0.2, 0.25) is 0 Å². The van der Waals surface area contributed by atoms with Crippen molar-refractivity contribution in [2.75, 3.05) is 39.3 Å². The molecule has 0 spiro atoms. The Morgan fingerprint density at radius 2 is 1.12 bits per heavy atom. The largest absolute Gasteiger partial charge is 0.388 e. The van der Waals surface area contributed by atoms with Gasteiger partial charge < -0.3 is 20.0 Å². The smallest absolute Gasteiger partial charge is 0.0802 e. The van der Waals surface area contributed by atoms with E-state index in [0.29, 0.717) is 0 Å². The average molecular weight is 453 g/mol. The zero-order valence-corrected chi connectivity index (χ0v) is 19.8. The Bertz CT molecular complexity index is 848. The van der Waals surface area contributed by atoms with Gasteiger partial charge >= 0.3 is 0 Å². The van der Waals surface area contributed by atoms with Crippen LogP contribution < -0.4 is 0 Å². The summed E-state index contributed by atoms with van der Waals surface area (Å²) in [4.78, 5) is 7.50. The van der Waals surface area contributed by atoms with E-state index < -0.39 is 12.2 Å². The molecule has 2 aromatic carbocycles. The highest BCUT2D eigenvalue weighted by molar-refractivity contribution is 7.99. The molecular formula is C27H36N2O2S. The summed E-state index contributed by atoms with van der Waals surface area (Å²) in [5, 5.41) is 21.5. The Kier molecular flexibility index (Phi) is 7.20. The van der Waals surface area contributed by atoms with Crippen molar-refractivity contribution in [3.63, 3.8) is 0 Å². The molecule has 0 amide bonds. The molecule has 0 bridgehead atoms. The molecule has 4 nitrogen and oxygen atoms in total. The van der Waals surface area contributed by atoms with E-state index in [1.54, 1.807) is 0 Å². The van der Waals surface area contributed by atoms with Crippen molar-refractivity contribution < 1.29 is 10.2 Å². The van der Waals surface area contributed by atoms with Crippen LogP contribution >= 0.6 is 11.8 Å². The molecule has 0 aromatic heterocycles. The van der Waals surface area contributed by atoms with Gasteiger partial charge in [-0.05, 0) is 106 Å². The monoisotopic (exact) mass is 452 g/mol. The molecule has 5 heteroatoms. The first-order valence-corrected chi connectivity index (χ1v) is 13.2. The third-order valence-electron chi connectivity index (χ3n) is 7.37. The summed E-state index contributed by atoms with van der Waals surface area (Å²) < 4.78 is 0. The van der Waals surface area contributed by atoms with Crippen LogP contribution in [0.1, 0.15) is 73.0 Å². The fourth-order valence-corrected chi connectivity index (χ4v) is 6.40. The van der Waals surface area contributed by atoms with E-state index in [1.165, 1.54) is 72.8 Å². The van der Waals surface area contributed by atoms with Crippen LogP contribution in [0.3, 0.4) is 0 Å². The fourth-order valence-electron chi connectivity index (χ4n) is 5.37. The Balaban J connectivity index is 1.23. The van der Waals surface area contributed by atoms with E-state index >= 15 is 0 Å². The molecule has 172 valence electrons. The van der Waals surface area contributed by atoms with Gasteiger partial charge in [0.15, 0.2) is 0 Å². The van der Waals surface area contributed by atoms with Crippen molar-refractivity contribution in [3.8, 4) is 0 Å². The maximum Gasteiger partial charge on any atom is 0.0802 e. The van der Waals surface area contributed by atoms with E-state index in [0.717, 1.165) is 43.5 Å². The van der Waals surface area contributed by atoms with E-state index in [9.17, 15) is 10.2 Å². The van der Waals surface area contributed by atoms with Crippen molar-refractivity contribution in [2.45, 2.75) is 66.9 Å². The van der Waals surface area contributed by atoms with Crippen molar-refractivity contribution in [3.05, 3.63) is 58.7 Å². The molecule has 5 rings (SSSR count). The van der Waals surface area contributed by atoms with Crippen molar-refractivity contribution in [2.24, 2.45) is 0 Å². The molecule has 3 aliphatic rings. The third-order valence-corrected chi connectivity index (χ3v) is 8.61. The second-order valence-electron chi connectivity index (χ2n) is 9.72. The predicted molar refractivity (Wildman–Crippen MR) is 130 cm³/mol. The van der Waals surface area contributed by atoms with Gasteiger partial charge in [-0.2, -0.15) is 0 Å². The SMILES string of the molecule is OC(CCN1CCCC1)c1ccc2c(c1)Cc1cc(C(O)CCN3CCCC3)ccc1S2. The predicted octanol–water partition coefficient (Wildman–Crippen LogP) is 4.78. The molecular weight excluding hydrogens is 416 g/mol. The number of nitrogens with zero attached hydrogens (tertiary/aromatic N) is 2. The number of aliphatic hydroxyl groups excluding tert-OH is 2. The zero-order chi connectivity index (χ0) is 21.9. The number of likely N-dealkylation sites (tertiary alicyclic amines) is 2. The van der Waals surface area contributed by atoms with E-state index in [2.05, 4.69) is 46.2 Å². The number of benzene rings is 2. The number of rotatable bonds is 8. The van der Waals surface area contributed by atoms with Gasteiger partial charge in [0, 0.05) is 22.9 Å². The summed E-state index contributed by atoms with van der Waals surface area (Å²) in [5.74, 6) is 0. The van der Waals surface area contributed by atoms with Gasteiger partial charge in [0.2, 0.25) is 0 Å². The number of hydrogen-bond donors (Lipinski definition) is 2. The minimum absolute atomic E-state index is 0.397. The summed E-state index contributed by atoms with van der Waals surface area (Å²) in [6, 6.07) is 13.0. The van der Waals surface area contributed by atoms with Gasteiger partial charge in [-0.15, -0.1) is 0 Å². The molecule has 3 aliphatic heterocycles. The second-order valence-corrected chi connectivity index (χ2v) is 10.8. The summed E-state index contributed by atoms with van der Waals surface area (Å²) in [6.07, 6.45) is 6.85. The van der Waals surface area contributed by atoms with E-state index in [1.807, 2.05) is 11.8 Å². The first-order chi connectivity index (χ1) is 15.7. The summed E-state index contributed by atoms with van der Waals surface area (Å²) in [6.45, 7) is 6.67. The third kappa shape index (κ3) is 5.23. The van der Waals surface area contributed by atoms with Gasteiger partial charge in [-0.1, -0.05) is 36.0 Å². The first-order valence-electron chi connectivity index (χ1n) is 12.4. The lowest BCUT2D eigenvalue weighted by Crippen LogP contribution is -2.22. The minimum atomic E-state index is -0.397. The molecule has 0 radical (unpaired) electrons. The normalized spacial score (nSPS) is 20.8. The van der Waals surface area contributed by atoms with Crippen LogP contribution in [0.5, 0.6) is 0 Å². The molecule has 2 unspecified atom stereocenters. The summed E-state index contributed by atoms with van der Waals surface area (Å²) in [7, 11) is 0. The van der Waals surface area contributed by atoms with Gasteiger partial charge in [0.25, 0.3) is 0 Å². The van der Waals surface area contributed by atoms with Gasteiger partial charge in [-0.25, -0.2) is 0 Å². The average Bonchev–Trinajstić information content (AvgIpc) is 3.53. The standard InChI is InChI=1S/C27H36N2O2S/c30-24(9-15-28-11-1-2-12-28)20-5-7-26-22(17-20)19-23-18-21(6-8-27(23)32-26)25(31)10-16-29-13-3-4-14-29/h5-8,17-18,24-25,30-31H,1-4,9-16,19H2. The van der Waals surface area contributed by atoms with Crippen molar-refractivity contribution in [1.29, 1.82) is 0 Å². The fraction of sp³-hybridized carbons (Fsp3) is 0.556. The number of aliphatic hydroxyl groups is 2. The molecule has 32 heavy (non-hydrogen) atoms. The van der Waals surface area contributed by atoms with Crippen LogP contribution in [-0.4, -0.2) is 59.3 Å². The first kappa shape index (κ1) is 22.4. The number of hydrogen-bond acceptors (Lipinski definition) is 5. The zero-order valence-electron chi connectivity index (χ0n) is 19.0. The summed E-state index contributed by atoms with van der Waals surface area (Å²) in [5.41, 5.74) is 4.66. The van der Waals surface area contributed by atoms with Gasteiger partial charge in [0.05, 0.1) is 12.2 Å². The highest BCUT2D eigenvalue weighted by atomic mass is 32.2. The van der Waals surface area contributed by atoms with Crippen molar-refractivity contribution >= 4 is 11.8 Å². The number of fused-ring (bicyclic) bond motifs is 2. The molecule has 3 heterocycles. The lowest BCUT2D eigenvalue weighted by Gasteiger charge is -2.23. The molecule has 2 atom stereocenters. The maximum absolute atomic E-state index is 10.8. The summed E-state index contributed by atoms with van der Waals surface area (Å²) >= 11 is 1.81. The molecule has 2 fully saturated rings. The lowest BCUT2D eigenvalue weighted by atomic mass is 9.96. The topological polar surface area (TPSA) is 46.9 Å². The highest BCUT2D eigenvalue weighted by Crippen LogP contribution is 2.41.